The minimum absolute atomic E-state index is 0.269. The van der Waals surface area contributed by atoms with Crippen LogP contribution in [-0.4, -0.2) is 28.1 Å². The van der Waals surface area contributed by atoms with Gasteiger partial charge in [0.1, 0.15) is 5.75 Å². The number of H-pyrrole nitrogens is 1. The Balaban J connectivity index is 1.98. The van der Waals surface area contributed by atoms with Crippen molar-refractivity contribution in [3.8, 4) is 5.75 Å². The molecule has 0 amide bonds. The van der Waals surface area contributed by atoms with Crippen molar-refractivity contribution in [2.75, 3.05) is 12.3 Å². The van der Waals surface area contributed by atoms with E-state index in [1.807, 2.05) is 12.1 Å². The number of aromatic nitrogens is 1. The maximum Gasteiger partial charge on any atom is 0.117 e. The molecule has 0 saturated heterocycles. The average Bonchev–Trinajstić information content (AvgIpc) is 2.71. The van der Waals surface area contributed by atoms with Crippen molar-refractivity contribution in [1.29, 1.82) is 0 Å². The minimum Gasteiger partial charge on any atom is -0.508 e. The maximum atomic E-state index is 9.46. The van der Waals surface area contributed by atoms with Gasteiger partial charge in [0.15, 0.2) is 0 Å². The molecular weight excluding hydrogens is 246 g/mol. The highest BCUT2D eigenvalue weighted by atomic mass is 32.2. The third-order valence-corrected chi connectivity index (χ3v) is 3.58. The fourth-order valence-electron chi connectivity index (χ4n) is 1.88. The zero-order valence-electron chi connectivity index (χ0n) is 9.68. The molecule has 0 unspecified atom stereocenters. The molecule has 3 rings (SSSR count). The van der Waals surface area contributed by atoms with Gasteiger partial charge in [-0.05, 0) is 23.6 Å². The van der Waals surface area contributed by atoms with Gasteiger partial charge in [-0.2, -0.15) is 5.10 Å². The molecule has 5 heteroatoms. The Labute approximate surface area is 109 Å². The highest BCUT2D eigenvalue weighted by molar-refractivity contribution is 8.02. The van der Waals surface area contributed by atoms with Gasteiger partial charge < -0.3 is 15.5 Å². The molecule has 1 aliphatic rings. The molecule has 0 fully saturated rings. The van der Waals surface area contributed by atoms with Crippen LogP contribution in [0.5, 0.6) is 5.75 Å². The first kappa shape index (κ1) is 11.2. The zero-order valence-corrected chi connectivity index (χ0v) is 10.5. The first-order chi connectivity index (χ1) is 8.83. The van der Waals surface area contributed by atoms with Crippen LogP contribution in [0.4, 0.5) is 0 Å². The van der Waals surface area contributed by atoms with E-state index in [0.717, 1.165) is 34.6 Å². The minimum atomic E-state index is 0.269. The summed E-state index contributed by atoms with van der Waals surface area (Å²) in [7, 11) is 0. The van der Waals surface area contributed by atoms with E-state index in [0.29, 0.717) is 0 Å². The number of fused-ring (bicyclic) bond motifs is 1. The van der Waals surface area contributed by atoms with Crippen molar-refractivity contribution >= 4 is 28.4 Å². The fourth-order valence-corrected chi connectivity index (χ4v) is 2.58. The summed E-state index contributed by atoms with van der Waals surface area (Å²) in [5, 5.41) is 17.0. The number of hydrogen-bond acceptors (Lipinski definition) is 4. The van der Waals surface area contributed by atoms with Crippen LogP contribution in [0.3, 0.4) is 0 Å². The molecule has 0 spiro atoms. The molecule has 0 saturated carbocycles. The third-order valence-electron chi connectivity index (χ3n) is 2.75. The lowest BCUT2D eigenvalue weighted by Gasteiger charge is -2.06. The Kier molecular flexibility index (Phi) is 2.98. The van der Waals surface area contributed by atoms with Gasteiger partial charge in [0.05, 0.1) is 18.0 Å². The second-order valence-electron chi connectivity index (χ2n) is 4.06. The summed E-state index contributed by atoms with van der Waals surface area (Å²) in [5.74, 6) is 1.09. The van der Waals surface area contributed by atoms with Crippen LogP contribution in [0.25, 0.3) is 10.9 Å². The normalized spacial score (nSPS) is 20.6. The van der Waals surface area contributed by atoms with Gasteiger partial charge in [-0.25, -0.2) is 0 Å². The van der Waals surface area contributed by atoms with Crippen LogP contribution in [0.2, 0.25) is 0 Å². The smallest absolute Gasteiger partial charge is 0.117 e. The Morgan fingerprint density at radius 2 is 2.22 bits per heavy atom. The Bertz CT molecular complexity index is 630. The zero-order chi connectivity index (χ0) is 12.4. The summed E-state index contributed by atoms with van der Waals surface area (Å²) in [5.41, 5.74) is 5.91. The lowest BCUT2D eigenvalue weighted by Crippen LogP contribution is -2.15. The predicted octanol–water partition coefficient (Wildman–Crippen LogP) is 2.43. The van der Waals surface area contributed by atoms with E-state index in [2.05, 4.69) is 27.0 Å². The number of phenolic OH excluding ortho intramolecular Hbond substituents is 1. The van der Waals surface area contributed by atoms with Crippen LogP contribution < -0.4 is 5.43 Å². The van der Waals surface area contributed by atoms with Crippen molar-refractivity contribution in [2.24, 2.45) is 5.10 Å². The van der Waals surface area contributed by atoms with Gasteiger partial charge >= 0.3 is 0 Å². The number of benzene rings is 1. The Morgan fingerprint density at radius 3 is 3.17 bits per heavy atom. The van der Waals surface area contributed by atoms with Crippen molar-refractivity contribution in [3.05, 3.63) is 41.4 Å². The van der Waals surface area contributed by atoms with E-state index in [-0.39, 0.29) is 5.75 Å². The summed E-state index contributed by atoms with van der Waals surface area (Å²) in [4.78, 5) is 3.29. The SMILES string of the molecule is Oc1ccc2cc(/C3=N/NC/C=C\SC3)[nH]c2c1. The van der Waals surface area contributed by atoms with E-state index >= 15 is 0 Å². The van der Waals surface area contributed by atoms with Crippen LogP contribution in [-0.2, 0) is 0 Å². The van der Waals surface area contributed by atoms with Gasteiger partial charge in [0.25, 0.3) is 0 Å². The molecule has 1 aromatic carbocycles. The molecule has 1 aliphatic heterocycles. The van der Waals surface area contributed by atoms with Gasteiger partial charge in [0, 0.05) is 22.7 Å². The predicted molar refractivity (Wildman–Crippen MR) is 76.1 cm³/mol. The third kappa shape index (κ3) is 2.22. The lowest BCUT2D eigenvalue weighted by atomic mass is 10.2. The molecule has 0 aliphatic carbocycles. The molecule has 92 valence electrons. The summed E-state index contributed by atoms with van der Waals surface area (Å²) < 4.78 is 0. The van der Waals surface area contributed by atoms with Crippen LogP contribution in [0.1, 0.15) is 5.69 Å². The monoisotopic (exact) mass is 259 g/mol. The number of nitrogens with one attached hydrogen (secondary N) is 2. The molecular formula is C13H13N3OS. The van der Waals surface area contributed by atoms with Crippen molar-refractivity contribution in [3.63, 3.8) is 0 Å². The average molecular weight is 259 g/mol. The number of aromatic amines is 1. The molecule has 4 nitrogen and oxygen atoms in total. The highest BCUT2D eigenvalue weighted by Crippen LogP contribution is 2.21. The van der Waals surface area contributed by atoms with Gasteiger partial charge in [-0.1, -0.05) is 6.08 Å². The number of phenols is 1. The summed E-state index contributed by atoms with van der Waals surface area (Å²) in [6.45, 7) is 0.748. The van der Waals surface area contributed by atoms with E-state index in [4.69, 9.17) is 0 Å². The molecule has 2 heterocycles. The molecule has 18 heavy (non-hydrogen) atoms. The highest BCUT2D eigenvalue weighted by Gasteiger charge is 2.09. The molecule has 1 aromatic heterocycles. The van der Waals surface area contributed by atoms with Crippen molar-refractivity contribution in [2.45, 2.75) is 0 Å². The first-order valence-electron chi connectivity index (χ1n) is 5.71. The summed E-state index contributed by atoms with van der Waals surface area (Å²) >= 11 is 1.72. The number of aromatic hydroxyl groups is 1. The Hall–Kier alpha value is -1.88. The molecule has 0 bridgehead atoms. The van der Waals surface area contributed by atoms with Gasteiger partial charge in [-0.15, -0.1) is 11.8 Å². The van der Waals surface area contributed by atoms with E-state index < -0.39 is 0 Å². The number of thioether (sulfide) groups is 1. The van der Waals surface area contributed by atoms with E-state index in [9.17, 15) is 5.11 Å². The molecule has 0 radical (unpaired) electrons. The second-order valence-corrected chi connectivity index (χ2v) is 4.95. The number of hydrogen-bond donors (Lipinski definition) is 3. The largest absolute Gasteiger partial charge is 0.508 e. The van der Waals surface area contributed by atoms with E-state index in [1.54, 1.807) is 23.9 Å². The molecule has 0 atom stereocenters. The number of nitrogens with zero attached hydrogens (tertiary/aromatic N) is 1. The fraction of sp³-hybridized carbons (Fsp3) is 0.154. The van der Waals surface area contributed by atoms with Crippen LogP contribution in [0, 0.1) is 0 Å². The van der Waals surface area contributed by atoms with Gasteiger partial charge in [-0.3, -0.25) is 0 Å². The topological polar surface area (TPSA) is 60.4 Å². The Morgan fingerprint density at radius 1 is 1.28 bits per heavy atom. The maximum absolute atomic E-state index is 9.46. The molecule has 2 aromatic rings. The lowest BCUT2D eigenvalue weighted by molar-refractivity contribution is 0.476. The summed E-state index contributed by atoms with van der Waals surface area (Å²) in [6.07, 6.45) is 2.05. The summed E-state index contributed by atoms with van der Waals surface area (Å²) in [6, 6.07) is 7.37. The van der Waals surface area contributed by atoms with Crippen LogP contribution in [0.15, 0.2) is 40.9 Å². The van der Waals surface area contributed by atoms with Gasteiger partial charge in [0.2, 0.25) is 0 Å². The number of rotatable bonds is 1. The molecule has 3 N–H and O–H groups in total. The van der Waals surface area contributed by atoms with Crippen LogP contribution >= 0.6 is 11.8 Å². The standard InChI is InChI=1S/C13H13N3OS/c17-10-3-2-9-6-12(15-11(9)7-10)13-8-18-5-1-4-14-16-13/h1-3,5-7,14-15,17H,4,8H2/b5-1-,16-13+. The quantitative estimate of drug-likeness (QED) is 0.737. The van der Waals surface area contributed by atoms with Crippen molar-refractivity contribution in [1.82, 2.24) is 10.4 Å². The first-order valence-corrected chi connectivity index (χ1v) is 6.76. The van der Waals surface area contributed by atoms with Crippen molar-refractivity contribution < 1.29 is 5.11 Å². The van der Waals surface area contributed by atoms with E-state index in [1.165, 1.54) is 0 Å². The second kappa shape index (κ2) is 4.78. The number of hydrazone groups is 1.